The van der Waals surface area contributed by atoms with E-state index in [9.17, 15) is 14.9 Å². The van der Waals surface area contributed by atoms with Crippen LogP contribution in [-0.2, 0) is 0 Å². The number of nitrogens with zero attached hydrogens (tertiary/aromatic N) is 1. The monoisotopic (exact) mass is 311 g/mol. The van der Waals surface area contributed by atoms with Crippen molar-refractivity contribution >= 4 is 28.9 Å². The van der Waals surface area contributed by atoms with E-state index in [0.717, 1.165) is 31.7 Å². The van der Waals surface area contributed by atoms with E-state index in [1.165, 1.54) is 6.07 Å². The Bertz CT molecular complexity index is 577. The van der Waals surface area contributed by atoms with Gasteiger partial charge in [0.1, 0.15) is 0 Å². The van der Waals surface area contributed by atoms with Gasteiger partial charge >= 0.3 is 0 Å². The third kappa shape index (κ3) is 3.44. The second-order valence-corrected chi connectivity index (χ2v) is 5.89. The molecule has 1 amide bonds. The molecule has 1 aliphatic rings. The fourth-order valence-corrected chi connectivity index (χ4v) is 2.89. The molecule has 1 aromatic rings. The summed E-state index contributed by atoms with van der Waals surface area (Å²) < 4.78 is 0. The minimum atomic E-state index is -0.592. The normalized spacial score (nSPS) is 21.8. The van der Waals surface area contributed by atoms with Gasteiger partial charge in [-0.25, -0.2) is 0 Å². The van der Waals surface area contributed by atoms with Gasteiger partial charge < -0.3 is 11.1 Å². The average Bonchev–Trinajstić information content (AvgIpc) is 2.43. The van der Waals surface area contributed by atoms with Crippen LogP contribution in [0, 0.1) is 16.0 Å². The van der Waals surface area contributed by atoms with E-state index in [2.05, 4.69) is 12.2 Å². The summed E-state index contributed by atoms with van der Waals surface area (Å²) in [6.45, 7) is 2.09. The lowest BCUT2D eigenvalue weighted by atomic mass is 9.86. The Balaban J connectivity index is 2.24. The lowest BCUT2D eigenvalue weighted by Gasteiger charge is -2.29. The average molecular weight is 312 g/mol. The zero-order chi connectivity index (χ0) is 15.6. The molecule has 6 nitrogen and oxygen atoms in total. The number of amides is 1. The van der Waals surface area contributed by atoms with Gasteiger partial charge in [-0.1, -0.05) is 31.4 Å². The number of nitrogens with two attached hydrogens (primary N) is 1. The van der Waals surface area contributed by atoms with Crippen molar-refractivity contribution in [2.24, 2.45) is 5.92 Å². The highest BCUT2D eigenvalue weighted by molar-refractivity contribution is 6.34. The third-order valence-electron chi connectivity index (χ3n) is 4.00. The van der Waals surface area contributed by atoms with Crippen molar-refractivity contribution in [3.05, 3.63) is 32.8 Å². The van der Waals surface area contributed by atoms with Gasteiger partial charge in [0.2, 0.25) is 0 Å². The number of carbonyl (C=O) groups is 1. The lowest BCUT2D eigenvalue weighted by molar-refractivity contribution is -0.384. The number of nitrogens with one attached hydrogen (secondary N) is 1. The van der Waals surface area contributed by atoms with Gasteiger partial charge in [-0.3, -0.25) is 14.9 Å². The summed E-state index contributed by atoms with van der Waals surface area (Å²) in [6, 6.07) is 2.39. The van der Waals surface area contributed by atoms with Crippen LogP contribution in [0.25, 0.3) is 0 Å². The summed E-state index contributed by atoms with van der Waals surface area (Å²) in [5, 5.41) is 13.8. The summed E-state index contributed by atoms with van der Waals surface area (Å²) in [5.41, 5.74) is 5.67. The van der Waals surface area contributed by atoms with Crippen LogP contribution in [0.4, 0.5) is 11.4 Å². The maximum atomic E-state index is 12.3. The SMILES string of the molecule is CC1CCCCC1NC(=O)c1cc([N+](=O)[O-])cc(Cl)c1N. The number of anilines is 1. The van der Waals surface area contributed by atoms with Gasteiger partial charge in [-0.05, 0) is 18.8 Å². The number of nitro groups is 1. The van der Waals surface area contributed by atoms with Crippen molar-refractivity contribution in [1.29, 1.82) is 0 Å². The summed E-state index contributed by atoms with van der Waals surface area (Å²) in [4.78, 5) is 22.6. The van der Waals surface area contributed by atoms with E-state index in [1.54, 1.807) is 0 Å². The molecule has 0 radical (unpaired) electrons. The fourth-order valence-electron chi connectivity index (χ4n) is 2.67. The van der Waals surface area contributed by atoms with Crippen molar-refractivity contribution in [2.75, 3.05) is 5.73 Å². The second kappa shape index (κ2) is 6.30. The van der Waals surface area contributed by atoms with Crippen molar-refractivity contribution in [3.63, 3.8) is 0 Å². The van der Waals surface area contributed by atoms with Gasteiger partial charge in [-0.15, -0.1) is 0 Å². The van der Waals surface area contributed by atoms with E-state index >= 15 is 0 Å². The van der Waals surface area contributed by atoms with Crippen molar-refractivity contribution < 1.29 is 9.72 Å². The quantitative estimate of drug-likeness (QED) is 0.509. The largest absolute Gasteiger partial charge is 0.397 e. The predicted octanol–water partition coefficient (Wildman–Crippen LogP) is 3.14. The van der Waals surface area contributed by atoms with Gasteiger partial charge in [0.15, 0.2) is 0 Å². The Hall–Kier alpha value is -1.82. The van der Waals surface area contributed by atoms with Crippen molar-refractivity contribution in [2.45, 2.75) is 38.6 Å². The van der Waals surface area contributed by atoms with Gasteiger partial charge in [0.05, 0.1) is 21.2 Å². The van der Waals surface area contributed by atoms with E-state index in [1.807, 2.05) is 0 Å². The van der Waals surface area contributed by atoms with Crippen LogP contribution < -0.4 is 11.1 Å². The molecule has 1 saturated carbocycles. The fraction of sp³-hybridized carbons (Fsp3) is 0.500. The number of rotatable bonds is 3. The maximum absolute atomic E-state index is 12.3. The summed E-state index contributed by atoms with van der Waals surface area (Å²) in [5.74, 6) is -0.0186. The molecule has 0 aliphatic heterocycles. The zero-order valence-electron chi connectivity index (χ0n) is 11.8. The minimum absolute atomic E-state index is 0.0195. The Kier molecular flexibility index (Phi) is 4.67. The maximum Gasteiger partial charge on any atom is 0.271 e. The van der Waals surface area contributed by atoms with Crippen LogP contribution in [0.15, 0.2) is 12.1 Å². The van der Waals surface area contributed by atoms with Crippen molar-refractivity contribution in [1.82, 2.24) is 5.32 Å². The highest BCUT2D eigenvalue weighted by Gasteiger charge is 2.25. The molecule has 2 atom stereocenters. The minimum Gasteiger partial charge on any atom is -0.397 e. The topological polar surface area (TPSA) is 98.3 Å². The highest BCUT2D eigenvalue weighted by Crippen LogP contribution is 2.30. The standard InChI is InChI=1S/C14H18ClN3O3/c1-8-4-2-3-5-12(8)17-14(19)10-6-9(18(20)21)7-11(15)13(10)16/h6-8,12H,2-5,16H2,1H3,(H,17,19). The molecule has 0 aromatic heterocycles. The van der Waals surface area contributed by atoms with Gasteiger partial charge in [0, 0.05) is 18.2 Å². The molecule has 7 heteroatoms. The summed E-state index contributed by atoms with van der Waals surface area (Å²) >= 11 is 5.87. The van der Waals surface area contributed by atoms with Crippen LogP contribution in [0.2, 0.25) is 5.02 Å². The predicted molar refractivity (Wildman–Crippen MR) is 81.4 cm³/mol. The third-order valence-corrected chi connectivity index (χ3v) is 4.31. The first-order valence-corrected chi connectivity index (χ1v) is 7.32. The van der Waals surface area contributed by atoms with E-state index in [-0.39, 0.29) is 28.0 Å². The molecule has 1 aliphatic carbocycles. The molecule has 0 spiro atoms. The number of nitro benzene ring substituents is 1. The number of hydrogen-bond acceptors (Lipinski definition) is 4. The Morgan fingerprint density at radius 3 is 2.71 bits per heavy atom. The number of carbonyl (C=O) groups excluding carboxylic acids is 1. The molecular weight excluding hydrogens is 294 g/mol. The smallest absolute Gasteiger partial charge is 0.271 e. The first-order chi connectivity index (χ1) is 9.90. The summed E-state index contributed by atoms with van der Waals surface area (Å²) in [7, 11) is 0. The van der Waals surface area contributed by atoms with Crippen LogP contribution in [0.5, 0.6) is 0 Å². The number of halogens is 1. The number of hydrogen-bond donors (Lipinski definition) is 2. The molecule has 1 aromatic carbocycles. The summed E-state index contributed by atoms with van der Waals surface area (Å²) in [6.07, 6.45) is 4.21. The molecule has 0 saturated heterocycles. The van der Waals surface area contributed by atoms with Crippen LogP contribution in [0.1, 0.15) is 43.0 Å². The Morgan fingerprint density at radius 2 is 2.10 bits per heavy atom. The second-order valence-electron chi connectivity index (χ2n) is 5.49. The Morgan fingerprint density at radius 1 is 1.43 bits per heavy atom. The van der Waals surface area contributed by atoms with Crippen LogP contribution in [0.3, 0.4) is 0 Å². The molecule has 114 valence electrons. The van der Waals surface area contributed by atoms with E-state index in [0.29, 0.717) is 5.92 Å². The molecule has 1 fully saturated rings. The van der Waals surface area contributed by atoms with Crippen LogP contribution >= 0.6 is 11.6 Å². The van der Waals surface area contributed by atoms with Crippen LogP contribution in [-0.4, -0.2) is 16.9 Å². The molecule has 2 rings (SSSR count). The number of non-ortho nitro benzene ring substituents is 1. The molecule has 0 heterocycles. The first kappa shape index (κ1) is 15.6. The molecular formula is C14H18ClN3O3. The number of benzene rings is 1. The van der Waals surface area contributed by atoms with Gasteiger partial charge in [0.25, 0.3) is 11.6 Å². The van der Waals surface area contributed by atoms with E-state index in [4.69, 9.17) is 17.3 Å². The highest BCUT2D eigenvalue weighted by atomic mass is 35.5. The van der Waals surface area contributed by atoms with Gasteiger partial charge in [-0.2, -0.15) is 0 Å². The molecule has 3 N–H and O–H groups in total. The first-order valence-electron chi connectivity index (χ1n) is 6.94. The van der Waals surface area contributed by atoms with Crippen molar-refractivity contribution in [3.8, 4) is 0 Å². The number of nitrogen functional groups attached to an aromatic ring is 1. The molecule has 2 unspecified atom stereocenters. The lowest BCUT2D eigenvalue weighted by Crippen LogP contribution is -2.41. The molecule has 0 bridgehead atoms. The zero-order valence-corrected chi connectivity index (χ0v) is 12.5. The van der Waals surface area contributed by atoms with E-state index < -0.39 is 10.8 Å². The Labute approximate surface area is 127 Å². The molecule has 21 heavy (non-hydrogen) atoms.